The molecule has 3 heterocycles. The van der Waals surface area contributed by atoms with Gasteiger partial charge in [0, 0.05) is 11.6 Å². The molecule has 3 rings (SSSR count). The molecular weight excluding hydrogens is 296 g/mol. The number of rotatable bonds is 2. The molecule has 0 amide bonds. The molecule has 0 spiro atoms. The number of nitrogens with zero attached hydrogens (tertiary/aromatic N) is 5. The van der Waals surface area contributed by atoms with Crippen molar-refractivity contribution in [2.24, 2.45) is 0 Å². The standard InChI is InChI=1S/C15H22N6S/c1-14(2,3)11-9-20-13(18-11)22-12(19-20)17-10-7-16-21(8-10)15(4,5)6/h7-9H,1-6H3,(H,17,19). The molecule has 0 unspecified atom stereocenters. The van der Waals surface area contributed by atoms with Crippen LogP contribution in [0.4, 0.5) is 10.8 Å². The van der Waals surface area contributed by atoms with E-state index in [9.17, 15) is 0 Å². The predicted octanol–water partition coefficient (Wildman–Crippen LogP) is 3.78. The highest BCUT2D eigenvalue weighted by atomic mass is 32.1. The van der Waals surface area contributed by atoms with Crippen molar-refractivity contribution in [3.8, 4) is 0 Å². The minimum absolute atomic E-state index is 0.0288. The van der Waals surface area contributed by atoms with Crippen LogP contribution in [-0.2, 0) is 11.0 Å². The van der Waals surface area contributed by atoms with Gasteiger partial charge in [0.1, 0.15) is 0 Å². The highest BCUT2D eigenvalue weighted by Gasteiger charge is 2.20. The lowest BCUT2D eigenvalue weighted by Gasteiger charge is -2.18. The largest absolute Gasteiger partial charge is 0.327 e. The molecule has 0 saturated heterocycles. The lowest BCUT2D eigenvalue weighted by Crippen LogP contribution is -2.21. The van der Waals surface area contributed by atoms with E-state index in [2.05, 4.69) is 62.0 Å². The van der Waals surface area contributed by atoms with Crippen molar-refractivity contribution in [3.63, 3.8) is 0 Å². The SMILES string of the molecule is CC(C)(C)c1cn2nc(Nc3cnn(C(C)(C)C)c3)sc2n1. The second-order valence-corrected chi connectivity index (χ2v) is 8.44. The van der Waals surface area contributed by atoms with E-state index >= 15 is 0 Å². The number of nitrogens with one attached hydrogen (secondary N) is 1. The highest BCUT2D eigenvalue weighted by Crippen LogP contribution is 2.27. The Morgan fingerprint density at radius 3 is 2.36 bits per heavy atom. The van der Waals surface area contributed by atoms with Gasteiger partial charge in [-0.1, -0.05) is 32.1 Å². The summed E-state index contributed by atoms with van der Waals surface area (Å²) in [6.07, 6.45) is 5.80. The molecule has 0 aliphatic heterocycles. The maximum atomic E-state index is 4.65. The van der Waals surface area contributed by atoms with Crippen molar-refractivity contribution in [2.75, 3.05) is 5.32 Å². The lowest BCUT2D eigenvalue weighted by molar-refractivity contribution is 0.355. The van der Waals surface area contributed by atoms with Crippen LogP contribution < -0.4 is 5.32 Å². The molecule has 7 heteroatoms. The summed E-state index contributed by atoms with van der Waals surface area (Å²) in [5, 5.41) is 13.0. The van der Waals surface area contributed by atoms with Gasteiger partial charge < -0.3 is 5.32 Å². The summed E-state index contributed by atoms with van der Waals surface area (Å²) >= 11 is 1.54. The molecule has 22 heavy (non-hydrogen) atoms. The normalized spacial score (nSPS) is 13.0. The molecule has 0 radical (unpaired) electrons. The van der Waals surface area contributed by atoms with Gasteiger partial charge in [-0.25, -0.2) is 9.50 Å². The summed E-state index contributed by atoms with van der Waals surface area (Å²) in [5.41, 5.74) is 2.00. The summed E-state index contributed by atoms with van der Waals surface area (Å²) in [5.74, 6) is 0. The fraction of sp³-hybridized carbons (Fsp3) is 0.533. The topological polar surface area (TPSA) is 60.0 Å². The average molecular weight is 318 g/mol. The van der Waals surface area contributed by atoms with E-state index in [-0.39, 0.29) is 11.0 Å². The Labute approximate surface area is 134 Å². The van der Waals surface area contributed by atoms with Crippen LogP contribution in [0.25, 0.3) is 4.96 Å². The van der Waals surface area contributed by atoms with E-state index in [1.54, 1.807) is 0 Å². The van der Waals surface area contributed by atoms with Gasteiger partial charge in [-0.3, -0.25) is 4.68 Å². The van der Waals surface area contributed by atoms with Gasteiger partial charge in [-0.15, -0.1) is 5.10 Å². The Kier molecular flexibility index (Phi) is 3.28. The van der Waals surface area contributed by atoms with Crippen LogP contribution in [0.1, 0.15) is 47.2 Å². The van der Waals surface area contributed by atoms with Crippen molar-refractivity contribution < 1.29 is 0 Å². The first kappa shape index (κ1) is 15.0. The Morgan fingerprint density at radius 1 is 1.09 bits per heavy atom. The van der Waals surface area contributed by atoms with Gasteiger partial charge in [0.2, 0.25) is 10.1 Å². The Balaban J connectivity index is 1.83. The summed E-state index contributed by atoms with van der Waals surface area (Å²) < 4.78 is 3.77. The zero-order chi connectivity index (χ0) is 16.1. The maximum Gasteiger partial charge on any atom is 0.214 e. The van der Waals surface area contributed by atoms with E-state index in [1.807, 2.05) is 27.8 Å². The Bertz CT molecular complexity index is 765. The second-order valence-electron chi connectivity index (χ2n) is 7.48. The third-order valence-corrected chi connectivity index (χ3v) is 4.17. The van der Waals surface area contributed by atoms with Crippen LogP contribution >= 0.6 is 11.3 Å². The van der Waals surface area contributed by atoms with Crippen LogP contribution in [0.2, 0.25) is 0 Å². The quantitative estimate of drug-likeness (QED) is 0.781. The van der Waals surface area contributed by atoms with Crippen LogP contribution in [0.5, 0.6) is 0 Å². The molecule has 118 valence electrons. The molecular formula is C15H22N6S. The molecule has 0 aromatic carbocycles. The zero-order valence-corrected chi connectivity index (χ0v) is 14.7. The van der Waals surface area contributed by atoms with Crippen LogP contribution in [0, 0.1) is 0 Å². The van der Waals surface area contributed by atoms with E-state index in [0.717, 1.165) is 21.5 Å². The third-order valence-electron chi connectivity index (χ3n) is 3.33. The van der Waals surface area contributed by atoms with Gasteiger partial charge in [0.05, 0.1) is 29.3 Å². The number of hydrogen-bond acceptors (Lipinski definition) is 5. The van der Waals surface area contributed by atoms with Crippen molar-refractivity contribution >= 4 is 27.1 Å². The summed E-state index contributed by atoms with van der Waals surface area (Å²) in [4.78, 5) is 5.55. The Hall–Kier alpha value is -1.89. The van der Waals surface area contributed by atoms with E-state index < -0.39 is 0 Å². The fourth-order valence-corrected chi connectivity index (χ4v) is 2.79. The first-order chi connectivity index (χ1) is 10.1. The van der Waals surface area contributed by atoms with Gasteiger partial charge in [0.25, 0.3) is 0 Å². The van der Waals surface area contributed by atoms with E-state index in [1.165, 1.54) is 11.3 Å². The monoisotopic (exact) mass is 318 g/mol. The molecule has 6 nitrogen and oxygen atoms in total. The fourth-order valence-electron chi connectivity index (χ4n) is 1.99. The van der Waals surface area contributed by atoms with Crippen molar-refractivity contribution in [1.29, 1.82) is 0 Å². The summed E-state index contributed by atoms with van der Waals surface area (Å²) in [7, 11) is 0. The first-order valence-corrected chi connectivity index (χ1v) is 8.13. The van der Waals surface area contributed by atoms with Gasteiger partial charge in [-0.05, 0) is 20.8 Å². The van der Waals surface area contributed by atoms with Gasteiger partial charge in [0.15, 0.2) is 0 Å². The van der Waals surface area contributed by atoms with Crippen molar-refractivity contribution in [2.45, 2.75) is 52.5 Å². The molecule has 3 aromatic rings. The third kappa shape index (κ3) is 2.85. The van der Waals surface area contributed by atoms with Crippen molar-refractivity contribution in [1.82, 2.24) is 24.4 Å². The number of hydrogen-bond donors (Lipinski definition) is 1. The average Bonchev–Trinajstić information content (AvgIpc) is 2.99. The summed E-state index contributed by atoms with van der Waals surface area (Å²) in [6, 6.07) is 0. The molecule has 0 aliphatic rings. The maximum absolute atomic E-state index is 4.65. The zero-order valence-electron chi connectivity index (χ0n) is 13.9. The second kappa shape index (κ2) is 4.81. The molecule has 0 atom stereocenters. The number of fused-ring (bicyclic) bond motifs is 1. The highest BCUT2D eigenvalue weighted by molar-refractivity contribution is 7.20. The minimum atomic E-state index is -0.0288. The molecule has 3 aromatic heterocycles. The number of anilines is 2. The smallest absolute Gasteiger partial charge is 0.214 e. The number of imidazole rings is 1. The number of aromatic nitrogens is 5. The van der Waals surface area contributed by atoms with E-state index in [4.69, 9.17) is 0 Å². The first-order valence-electron chi connectivity index (χ1n) is 7.32. The molecule has 0 fully saturated rings. The van der Waals surface area contributed by atoms with Crippen LogP contribution in [0.3, 0.4) is 0 Å². The van der Waals surface area contributed by atoms with Gasteiger partial charge >= 0.3 is 0 Å². The predicted molar refractivity (Wildman–Crippen MR) is 90.1 cm³/mol. The molecule has 0 saturated carbocycles. The Morgan fingerprint density at radius 2 is 1.82 bits per heavy atom. The molecule has 1 N–H and O–H groups in total. The lowest BCUT2D eigenvalue weighted by atomic mass is 9.93. The van der Waals surface area contributed by atoms with Crippen LogP contribution in [0.15, 0.2) is 18.6 Å². The van der Waals surface area contributed by atoms with E-state index in [0.29, 0.717) is 0 Å². The van der Waals surface area contributed by atoms with Gasteiger partial charge in [-0.2, -0.15) is 5.10 Å². The molecule has 0 aliphatic carbocycles. The molecule has 0 bridgehead atoms. The summed E-state index contributed by atoms with van der Waals surface area (Å²) in [6.45, 7) is 12.8. The minimum Gasteiger partial charge on any atom is -0.327 e. The van der Waals surface area contributed by atoms with Crippen molar-refractivity contribution in [3.05, 3.63) is 24.3 Å². The van der Waals surface area contributed by atoms with Crippen LogP contribution in [-0.4, -0.2) is 24.4 Å².